The Balaban J connectivity index is 2.42. The average molecular weight is 184 g/mol. The topological polar surface area (TPSA) is 26.3 Å². The molecule has 0 saturated carbocycles. The van der Waals surface area contributed by atoms with Crippen molar-refractivity contribution in [2.45, 2.75) is 24.7 Å². The highest BCUT2D eigenvalue weighted by Gasteiger charge is 2.44. The molecule has 2 unspecified atom stereocenters. The van der Waals surface area contributed by atoms with Gasteiger partial charge in [-0.1, -0.05) is 6.08 Å². The summed E-state index contributed by atoms with van der Waals surface area (Å²) in [7, 11) is -0.786. The summed E-state index contributed by atoms with van der Waals surface area (Å²) in [5, 5.41) is 0. The number of fused-ring (bicyclic) bond motifs is 1. The minimum atomic E-state index is -0.786. The molecule has 12 heavy (non-hydrogen) atoms. The molecule has 2 rings (SSSR count). The summed E-state index contributed by atoms with van der Waals surface area (Å²) < 4.78 is 16.8. The first kappa shape index (κ1) is 8.05. The van der Waals surface area contributed by atoms with Crippen molar-refractivity contribution in [1.29, 1.82) is 0 Å². The summed E-state index contributed by atoms with van der Waals surface area (Å²) in [5.41, 5.74) is 1.17. The Hall–Kier alpha value is -0.570. The van der Waals surface area contributed by atoms with Gasteiger partial charge in [-0.15, -0.1) is 0 Å². The first-order valence-corrected chi connectivity index (χ1v) is 5.35. The van der Waals surface area contributed by atoms with Gasteiger partial charge in [-0.25, -0.2) is 0 Å². The highest BCUT2D eigenvalue weighted by molar-refractivity contribution is 7.87. The Labute approximate surface area is 74.8 Å². The third kappa shape index (κ3) is 0.959. The molecule has 3 heteroatoms. The van der Waals surface area contributed by atoms with Crippen LogP contribution >= 0.6 is 0 Å². The molecule has 0 aromatic rings. The van der Waals surface area contributed by atoms with Crippen LogP contribution in [0, 0.1) is 0 Å². The van der Waals surface area contributed by atoms with E-state index in [0.29, 0.717) is 5.75 Å². The lowest BCUT2D eigenvalue weighted by atomic mass is 9.97. The zero-order chi connectivity index (χ0) is 8.77. The summed E-state index contributed by atoms with van der Waals surface area (Å²) in [6, 6.07) is 0. The van der Waals surface area contributed by atoms with E-state index in [0.717, 1.165) is 0 Å². The number of hydrogen-bond acceptors (Lipinski definition) is 2. The number of allylic oxidation sites excluding steroid dienone is 2. The van der Waals surface area contributed by atoms with Gasteiger partial charge in [-0.3, -0.25) is 4.21 Å². The van der Waals surface area contributed by atoms with Crippen LogP contribution < -0.4 is 0 Å². The summed E-state index contributed by atoms with van der Waals surface area (Å²) in [4.78, 5) is 0. The predicted octanol–water partition coefficient (Wildman–Crippen LogP) is 1.37. The second kappa shape index (κ2) is 2.46. The maximum atomic E-state index is 11.6. The highest BCUT2D eigenvalue weighted by Crippen LogP contribution is 2.37. The fourth-order valence-corrected chi connectivity index (χ4v) is 3.07. The third-order valence-electron chi connectivity index (χ3n) is 2.51. The quantitative estimate of drug-likeness (QED) is 0.568. The van der Waals surface area contributed by atoms with Crippen molar-refractivity contribution in [2.75, 3.05) is 5.75 Å². The molecule has 0 radical (unpaired) electrons. The van der Waals surface area contributed by atoms with Gasteiger partial charge in [-0.2, -0.15) is 0 Å². The molecule has 2 atom stereocenters. The van der Waals surface area contributed by atoms with Crippen molar-refractivity contribution < 1.29 is 8.95 Å². The van der Waals surface area contributed by atoms with Gasteiger partial charge in [0.25, 0.3) is 0 Å². The lowest BCUT2D eigenvalue weighted by Gasteiger charge is -2.22. The van der Waals surface area contributed by atoms with Crippen LogP contribution in [-0.2, 0) is 15.5 Å². The van der Waals surface area contributed by atoms with Gasteiger partial charge in [0.2, 0.25) is 0 Å². The van der Waals surface area contributed by atoms with Crippen LogP contribution in [0.1, 0.15) is 13.8 Å². The van der Waals surface area contributed by atoms with E-state index in [1.54, 1.807) is 6.26 Å². The normalized spacial score (nSPS) is 37.0. The van der Waals surface area contributed by atoms with Crippen molar-refractivity contribution in [3.63, 3.8) is 0 Å². The molecular formula is C9H12O2S. The lowest BCUT2D eigenvalue weighted by Crippen LogP contribution is -2.25. The molecule has 2 aliphatic rings. The molecular weight excluding hydrogens is 172 g/mol. The molecule has 0 aromatic heterocycles. The van der Waals surface area contributed by atoms with Gasteiger partial charge >= 0.3 is 0 Å². The molecule has 0 N–H and O–H groups in total. The van der Waals surface area contributed by atoms with Crippen LogP contribution in [0.25, 0.3) is 0 Å². The van der Waals surface area contributed by atoms with Gasteiger partial charge in [0.05, 0.1) is 16.8 Å². The van der Waals surface area contributed by atoms with Crippen molar-refractivity contribution in [1.82, 2.24) is 0 Å². The number of rotatable bonds is 0. The molecule has 2 heterocycles. The van der Waals surface area contributed by atoms with Crippen LogP contribution in [0.4, 0.5) is 0 Å². The van der Waals surface area contributed by atoms with Crippen molar-refractivity contribution >= 4 is 10.8 Å². The van der Waals surface area contributed by atoms with Crippen molar-refractivity contribution in [2.24, 2.45) is 0 Å². The smallest absolute Gasteiger partial charge is 0.132 e. The predicted molar refractivity (Wildman–Crippen MR) is 49.2 cm³/mol. The SMILES string of the molecule is CC1(C)C2=CC=COC2CS1=O. The molecule has 0 amide bonds. The van der Waals surface area contributed by atoms with E-state index in [-0.39, 0.29) is 10.9 Å². The molecule has 0 bridgehead atoms. The van der Waals surface area contributed by atoms with E-state index in [2.05, 4.69) is 0 Å². The standard InChI is InChI=1S/C9H12O2S/c1-9(2)7-4-3-5-11-8(7)6-12(9)10/h3-5,8H,6H2,1-2H3. The van der Waals surface area contributed by atoms with E-state index in [9.17, 15) is 4.21 Å². The lowest BCUT2D eigenvalue weighted by molar-refractivity contribution is 0.192. The second-order valence-corrected chi connectivity index (χ2v) is 5.64. The molecule has 0 aliphatic carbocycles. The number of hydrogen-bond donors (Lipinski definition) is 0. The monoisotopic (exact) mass is 184 g/mol. The van der Waals surface area contributed by atoms with Gasteiger partial charge < -0.3 is 4.74 Å². The van der Waals surface area contributed by atoms with Crippen LogP contribution in [0.3, 0.4) is 0 Å². The Morgan fingerprint density at radius 2 is 2.42 bits per heavy atom. The van der Waals surface area contributed by atoms with Crippen LogP contribution in [0.15, 0.2) is 24.0 Å². The molecule has 2 aliphatic heterocycles. The van der Waals surface area contributed by atoms with Crippen molar-refractivity contribution in [3.05, 3.63) is 24.0 Å². The Bertz CT molecular complexity index is 289. The van der Waals surface area contributed by atoms with E-state index in [1.807, 2.05) is 26.0 Å². The highest BCUT2D eigenvalue weighted by atomic mass is 32.2. The fourth-order valence-electron chi connectivity index (χ4n) is 1.66. The van der Waals surface area contributed by atoms with E-state index < -0.39 is 10.8 Å². The average Bonchev–Trinajstić information content (AvgIpc) is 2.25. The minimum Gasteiger partial charge on any atom is -0.493 e. The van der Waals surface area contributed by atoms with Crippen LogP contribution in [0.2, 0.25) is 0 Å². The van der Waals surface area contributed by atoms with Crippen molar-refractivity contribution in [3.8, 4) is 0 Å². The van der Waals surface area contributed by atoms with Gasteiger partial charge in [0.1, 0.15) is 6.10 Å². The Kier molecular flexibility index (Phi) is 1.65. The molecule has 1 fully saturated rings. The number of ether oxygens (including phenoxy) is 1. The zero-order valence-corrected chi connectivity index (χ0v) is 8.06. The zero-order valence-electron chi connectivity index (χ0n) is 7.24. The fraction of sp³-hybridized carbons (Fsp3) is 0.556. The maximum Gasteiger partial charge on any atom is 0.132 e. The van der Waals surface area contributed by atoms with E-state index in [4.69, 9.17) is 4.74 Å². The van der Waals surface area contributed by atoms with E-state index in [1.165, 1.54) is 5.57 Å². The summed E-state index contributed by atoms with van der Waals surface area (Å²) in [5.74, 6) is 0.642. The molecule has 66 valence electrons. The molecule has 0 aromatic carbocycles. The molecule has 2 nitrogen and oxygen atoms in total. The first-order chi connectivity index (χ1) is 5.62. The van der Waals surface area contributed by atoms with Crippen LogP contribution in [0.5, 0.6) is 0 Å². The summed E-state index contributed by atoms with van der Waals surface area (Å²) in [6.45, 7) is 4.02. The molecule has 1 saturated heterocycles. The van der Waals surface area contributed by atoms with Gasteiger partial charge in [0, 0.05) is 10.8 Å². The van der Waals surface area contributed by atoms with E-state index >= 15 is 0 Å². The minimum absolute atomic E-state index is 0.0610. The van der Waals surface area contributed by atoms with Gasteiger partial charge in [0.15, 0.2) is 0 Å². The van der Waals surface area contributed by atoms with Crippen LogP contribution in [-0.4, -0.2) is 20.8 Å². The van der Waals surface area contributed by atoms with Gasteiger partial charge in [-0.05, 0) is 25.5 Å². The third-order valence-corrected chi connectivity index (χ3v) is 4.49. The summed E-state index contributed by atoms with van der Waals surface area (Å²) in [6.07, 6.45) is 5.63. The second-order valence-electron chi connectivity index (χ2n) is 3.60. The molecule has 0 spiro atoms. The largest absolute Gasteiger partial charge is 0.493 e. The Morgan fingerprint density at radius 3 is 3.08 bits per heavy atom. The first-order valence-electron chi connectivity index (χ1n) is 4.03. The maximum absolute atomic E-state index is 11.6. The summed E-state index contributed by atoms with van der Waals surface area (Å²) >= 11 is 0. The Morgan fingerprint density at radius 1 is 1.67 bits per heavy atom.